The van der Waals surface area contributed by atoms with Gasteiger partial charge in [-0.25, -0.2) is 0 Å². The Kier molecular flexibility index (Phi) is 2.86. The van der Waals surface area contributed by atoms with Gasteiger partial charge in [0.15, 0.2) is 0 Å². The van der Waals surface area contributed by atoms with Crippen LogP contribution in [0.2, 0.25) is 0 Å². The second-order valence-corrected chi connectivity index (χ2v) is 4.35. The molecule has 2 aliphatic heterocycles. The lowest BCUT2D eigenvalue weighted by atomic mass is 9.99. The fourth-order valence-electron chi connectivity index (χ4n) is 2.27. The Morgan fingerprint density at radius 2 is 2.31 bits per heavy atom. The molecular weight excluding hydrogens is 164 g/mol. The molecule has 1 N–H and O–H groups in total. The van der Waals surface area contributed by atoms with Crippen LogP contribution in [0.3, 0.4) is 0 Å². The number of piperidine rings is 1. The Labute approximate surface area is 80.4 Å². The standard InChI is InChI=1S/C10H20N2O/c1-8(2)12-5-3-9-10(7-12)13-6-4-11-9/h8-11H,3-7H2,1-2H3/t9?,10-/m1/s1. The molecule has 2 heterocycles. The highest BCUT2D eigenvalue weighted by Crippen LogP contribution is 2.18. The summed E-state index contributed by atoms with van der Waals surface area (Å²) >= 11 is 0. The van der Waals surface area contributed by atoms with Gasteiger partial charge in [-0.1, -0.05) is 0 Å². The molecule has 2 aliphatic rings. The molecule has 0 saturated carbocycles. The van der Waals surface area contributed by atoms with Crippen molar-refractivity contribution in [1.29, 1.82) is 0 Å². The van der Waals surface area contributed by atoms with Crippen molar-refractivity contribution in [2.75, 3.05) is 26.2 Å². The van der Waals surface area contributed by atoms with E-state index in [2.05, 4.69) is 24.1 Å². The van der Waals surface area contributed by atoms with E-state index >= 15 is 0 Å². The van der Waals surface area contributed by atoms with Crippen molar-refractivity contribution in [3.05, 3.63) is 0 Å². The molecule has 3 nitrogen and oxygen atoms in total. The number of morpholine rings is 1. The van der Waals surface area contributed by atoms with E-state index < -0.39 is 0 Å². The van der Waals surface area contributed by atoms with Gasteiger partial charge in [-0.2, -0.15) is 0 Å². The highest BCUT2D eigenvalue weighted by atomic mass is 16.5. The van der Waals surface area contributed by atoms with Gasteiger partial charge in [0, 0.05) is 31.7 Å². The number of nitrogens with zero attached hydrogens (tertiary/aromatic N) is 1. The molecule has 2 saturated heterocycles. The molecule has 0 aromatic heterocycles. The SMILES string of the molecule is CC(C)N1CCC2NCCO[C@@H]2C1. The van der Waals surface area contributed by atoms with Gasteiger partial charge >= 0.3 is 0 Å². The van der Waals surface area contributed by atoms with E-state index in [4.69, 9.17) is 4.74 Å². The Hall–Kier alpha value is -0.120. The van der Waals surface area contributed by atoms with E-state index in [0.717, 1.165) is 19.7 Å². The summed E-state index contributed by atoms with van der Waals surface area (Å²) in [5.74, 6) is 0. The van der Waals surface area contributed by atoms with E-state index in [-0.39, 0.29) is 0 Å². The lowest BCUT2D eigenvalue weighted by Gasteiger charge is -2.43. The summed E-state index contributed by atoms with van der Waals surface area (Å²) in [6.07, 6.45) is 1.67. The molecule has 2 rings (SSSR count). The van der Waals surface area contributed by atoms with Crippen molar-refractivity contribution < 1.29 is 4.74 Å². The molecule has 0 radical (unpaired) electrons. The van der Waals surface area contributed by atoms with Gasteiger partial charge in [-0.3, -0.25) is 4.90 Å². The maximum absolute atomic E-state index is 5.76. The Morgan fingerprint density at radius 1 is 1.46 bits per heavy atom. The minimum atomic E-state index is 0.435. The van der Waals surface area contributed by atoms with E-state index in [1.54, 1.807) is 0 Å². The summed E-state index contributed by atoms with van der Waals surface area (Å²) in [6.45, 7) is 8.76. The van der Waals surface area contributed by atoms with Gasteiger partial charge in [-0.15, -0.1) is 0 Å². The molecule has 1 unspecified atom stereocenters. The topological polar surface area (TPSA) is 24.5 Å². The number of nitrogens with one attached hydrogen (secondary N) is 1. The largest absolute Gasteiger partial charge is 0.374 e. The number of hydrogen-bond donors (Lipinski definition) is 1. The van der Waals surface area contributed by atoms with Crippen LogP contribution in [0.25, 0.3) is 0 Å². The van der Waals surface area contributed by atoms with E-state index in [9.17, 15) is 0 Å². The highest BCUT2D eigenvalue weighted by molar-refractivity contribution is 4.89. The average molecular weight is 184 g/mol. The first-order valence-corrected chi connectivity index (χ1v) is 5.36. The molecule has 76 valence electrons. The van der Waals surface area contributed by atoms with Crippen molar-refractivity contribution in [1.82, 2.24) is 10.2 Å². The smallest absolute Gasteiger partial charge is 0.0855 e. The highest BCUT2D eigenvalue weighted by Gasteiger charge is 2.32. The predicted octanol–water partition coefficient (Wildman–Crippen LogP) is 0.457. The summed E-state index contributed by atoms with van der Waals surface area (Å²) in [4.78, 5) is 2.51. The number of rotatable bonds is 1. The zero-order chi connectivity index (χ0) is 9.26. The first-order valence-electron chi connectivity index (χ1n) is 5.36. The zero-order valence-corrected chi connectivity index (χ0v) is 8.62. The van der Waals surface area contributed by atoms with E-state index in [0.29, 0.717) is 18.2 Å². The Bertz CT molecular complexity index is 172. The number of likely N-dealkylation sites (tertiary alicyclic amines) is 1. The first-order chi connectivity index (χ1) is 6.27. The van der Waals surface area contributed by atoms with Gasteiger partial charge in [-0.05, 0) is 20.3 Å². The van der Waals surface area contributed by atoms with Crippen molar-refractivity contribution in [3.8, 4) is 0 Å². The lowest BCUT2D eigenvalue weighted by molar-refractivity contribution is -0.0533. The minimum absolute atomic E-state index is 0.435. The van der Waals surface area contributed by atoms with Crippen LogP contribution in [-0.2, 0) is 4.74 Å². The maximum atomic E-state index is 5.76. The van der Waals surface area contributed by atoms with Crippen LogP contribution in [0.1, 0.15) is 20.3 Å². The Balaban J connectivity index is 1.91. The van der Waals surface area contributed by atoms with Gasteiger partial charge in [0.05, 0.1) is 12.7 Å². The molecule has 13 heavy (non-hydrogen) atoms. The monoisotopic (exact) mass is 184 g/mol. The van der Waals surface area contributed by atoms with Crippen LogP contribution >= 0.6 is 0 Å². The van der Waals surface area contributed by atoms with Gasteiger partial charge in [0.2, 0.25) is 0 Å². The molecule has 0 spiro atoms. The van der Waals surface area contributed by atoms with E-state index in [1.807, 2.05) is 0 Å². The third-order valence-corrected chi connectivity index (χ3v) is 3.16. The number of fused-ring (bicyclic) bond motifs is 1. The minimum Gasteiger partial charge on any atom is -0.374 e. The third-order valence-electron chi connectivity index (χ3n) is 3.16. The van der Waals surface area contributed by atoms with Gasteiger partial charge in [0.1, 0.15) is 0 Å². The zero-order valence-electron chi connectivity index (χ0n) is 8.62. The fourth-order valence-corrected chi connectivity index (χ4v) is 2.27. The van der Waals surface area contributed by atoms with Crippen LogP contribution in [0, 0.1) is 0 Å². The predicted molar refractivity (Wildman–Crippen MR) is 52.9 cm³/mol. The lowest BCUT2D eigenvalue weighted by Crippen LogP contribution is -2.58. The quantitative estimate of drug-likeness (QED) is 0.640. The molecule has 0 amide bonds. The van der Waals surface area contributed by atoms with Gasteiger partial charge < -0.3 is 10.1 Å². The normalized spacial score (nSPS) is 36.2. The molecule has 0 bridgehead atoms. The molecular formula is C10H20N2O. The summed E-state index contributed by atoms with van der Waals surface area (Å²) < 4.78 is 5.76. The summed E-state index contributed by atoms with van der Waals surface area (Å²) in [5, 5.41) is 3.53. The maximum Gasteiger partial charge on any atom is 0.0855 e. The summed E-state index contributed by atoms with van der Waals surface area (Å²) in [6, 6.07) is 1.27. The average Bonchev–Trinajstić information content (AvgIpc) is 2.17. The molecule has 0 aromatic rings. The third kappa shape index (κ3) is 2.03. The summed E-state index contributed by atoms with van der Waals surface area (Å²) in [7, 11) is 0. The summed E-state index contributed by atoms with van der Waals surface area (Å²) in [5.41, 5.74) is 0. The molecule has 2 fully saturated rings. The van der Waals surface area contributed by atoms with Crippen molar-refractivity contribution in [2.24, 2.45) is 0 Å². The van der Waals surface area contributed by atoms with Crippen molar-refractivity contribution >= 4 is 0 Å². The van der Waals surface area contributed by atoms with E-state index in [1.165, 1.54) is 13.0 Å². The number of hydrogen-bond acceptors (Lipinski definition) is 3. The fraction of sp³-hybridized carbons (Fsp3) is 1.00. The Morgan fingerprint density at radius 3 is 3.08 bits per heavy atom. The van der Waals surface area contributed by atoms with Crippen LogP contribution < -0.4 is 5.32 Å². The number of ether oxygens (including phenoxy) is 1. The first kappa shape index (κ1) is 9.44. The molecule has 0 aliphatic carbocycles. The second kappa shape index (κ2) is 3.95. The van der Waals surface area contributed by atoms with Gasteiger partial charge in [0.25, 0.3) is 0 Å². The molecule has 2 atom stereocenters. The van der Waals surface area contributed by atoms with Crippen LogP contribution in [0.4, 0.5) is 0 Å². The van der Waals surface area contributed by atoms with Crippen LogP contribution in [-0.4, -0.2) is 49.3 Å². The second-order valence-electron chi connectivity index (χ2n) is 4.35. The molecule has 3 heteroatoms. The van der Waals surface area contributed by atoms with Crippen LogP contribution in [0.5, 0.6) is 0 Å². The van der Waals surface area contributed by atoms with Crippen molar-refractivity contribution in [2.45, 2.75) is 38.5 Å². The molecule has 0 aromatic carbocycles. The van der Waals surface area contributed by atoms with Crippen molar-refractivity contribution in [3.63, 3.8) is 0 Å². The van der Waals surface area contributed by atoms with Crippen LogP contribution in [0.15, 0.2) is 0 Å².